The van der Waals surface area contributed by atoms with E-state index >= 15 is 0 Å². The fraction of sp³-hybridized carbons (Fsp3) is 0.562. The molecule has 0 radical (unpaired) electrons. The molecule has 1 amide bonds. The Morgan fingerprint density at radius 3 is 2.12 bits per heavy atom. The summed E-state index contributed by atoms with van der Waals surface area (Å²) in [5, 5.41) is 3.39. The van der Waals surface area contributed by atoms with Crippen LogP contribution in [0, 0.1) is 11.8 Å². The first-order chi connectivity index (χ1) is 10.9. The number of carbonyl (C=O) groups excluding carboxylic acids is 1. The fourth-order valence-corrected chi connectivity index (χ4v) is 3.94. The molecule has 3 rings (SSSR count). The third kappa shape index (κ3) is 4.80. The Bertz CT molecular complexity index is 553. The maximum atomic E-state index is 12.5. The number of hydrogen-bond donors (Lipinski definition) is 1. The number of benzene rings is 1. The molecule has 1 aromatic carbocycles. The molecule has 0 saturated carbocycles. The zero-order chi connectivity index (χ0) is 16.4. The van der Waals surface area contributed by atoms with E-state index in [9.17, 15) is 18.0 Å². The van der Waals surface area contributed by atoms with Crippen LogP contribution in [-0.4, -0.2) is 42.5 Å². The Hall–Kier alpha value is -0.920. The summed E-state index contributed by atoms with van der Waals surface area (Å²) in [5.74, 6) is 1.19. The van der Waals surface area contributed by atoms with Crippen LogP contribution in [0.25, 0.3) is 0 Å². The summed E-state index contributed by atoms with van der Waals surface area (Å²) < 4.78 is 37.0. The highest BCUT2D eigenvalue weighted by Crippen LogP contribution is 2.36. The van der Waals surface area contributed by atoms with Gasteiger partial charge in [-0.05, 0) is 73.8 Å². The number of rotatable bonds is 2. The number of fused-ring (bicyclic) bond motifs is 1. The van der Waals surface area contributed by atoms with Gasteiger partial charge in [0.1, 0.15) is 0 Å². The molecule has 8 heteroatoms. The molecule has 2 aliphatic heterocycles. The van der Waals surface area contributed by atoms with Crippen molar-refractivity contribution in [3.8, 4) is 0 Å². The largest absolute Gasteiger partial charge is 0.446 e. The predicted octanol–water partition coefficient (Wildman–Crippen LogP) is 3.79. The lowest BCUT2D eigenvalue weighted by molar-refractivity contribution is -0.0328. The molecule has 2 fully saturated rings. The molecule has 1 N–H and O–H groups in total. The number of carbonyl (C=O) groups is 1. The predicted molar refractivity (Wildman–Crippen MR) is 90.6 cm³/mol. The number of thioether (sulfide) groups is 1. The minimum Gasteiger partial charge on any atom is -0.339 e. The molecule has 2 saturated heterocycles. The minimum absolute atomic E-state index is 0. The number of nitrogens with one attached hydrogen (secondary N) is 1. The second-order valence-corrected chi connectivity index (χ2v) is 7.26. The monoisotopic (exact) mass is 380 g/mol. The van der Waals surface area contributed by atoms with Crippen molar-refractivity contribution in [3.05, 3.63) is 29.8 Å². The van der Waals surface area contributed by atoms with Crippen LogP contribution in [0.3, 0.4) is 0 Å². The molecule has 0 aromatic heterocycles. The minimum atomic E-state index is -4.30. The summed E-state index contributed by atoms with van der Waals surface area (Å²) in [6, 6.07) is 5.71. The molecular formula is C16H20ClF3N2OS. The normalized spacial score (nSPS) is 24.0. The molecule has 3 nitrogen and oxygen atoms in total. The highest BCUT2D eigenvalue weighted by Gasteiger charge is 2.32. The Balaban J connectivity index is 0.00000208. The molecular weight excluding hydrogens is 361 g/mol. The van der Waals surface area contributed by atoms with Crippen molar-refractivity contribution in [1.29, 1.82) is 0 Å². The van der Waals surface area contributed by atoms with E-state index in [-0.39, 0.29) is 35.0 Å². The van der Waals surface area contributed by atoms with Crippen molar-refractivity contribution in [2.24, 2.45) is 11.8 Å². The summed E-state index contributed by atoms with van der Waals surface area (Å²) >= 11 is -0.161. The van der Waals surface area contributed by atoms with Crippen molar-refractivity contribution in [3.63, 3.8) is 0 Å². The van der Waals surface area contributed by atoms with Gasteiger partial charge in [0.25, 0.3) is 5.91 Å². The van der Waals surface area contributed by atoms with Gasteiger partial charge in [0.05, 0.1) is 0 Å². The molecule has 2 heterocycles. The second-order valence-electron chi connectivity index (χ2n) is 6.12. The number of nitrogens with zero attached hydrogens (tertiary/aromatic N) is 1. The van der Waals surface area contributed by atoms with Gasteiger partial charge in [0.2, 0.25) is 0 Å². The van der Waals surface area contributed by atoms with Crippen LogP contribution in [0.2, 0.25) is 0 Å². The van der Waals surface area contributed by atoms with Crippen LogP contribution < -0.4 is 5.32 Å². The molecule has 0 spiro atoms. The van der Waals surface area contributed by atoms with Gasteiger partial charge in [-0.1, -0.05) is 0 Å². The summed E-state index contributed by atoms with van der Waals surface area (Å²) in [4.78, 5) is 14.5. The Morgan fingerprint density at radius 1 is 1.08 bits per heavy atom. The van der Waals surface area contributed by atoms with Crippen LogP contribution in [0.5, 0.6) is 0 Å². The van der Waals surface area contributed by atoms with Gasteiger partial charge in [-0.2, -0.15) is 13.2 Å². The van der Waals surface area contributed by atoms with Crippen molar-refractivity contribution < 1.29 is 18.0 Å². The van der Waals surface area contributed by atoms with E-state index in [2.05, 4.69) is 5.32 Å². The number of likely N-dealkylation sites (tertiary alicyclic amines) is 1. The molecule has 24 heavy (non-hydrogen) atoms. The van der Waals surface area contributed by atoms with E-state index in [1.165, 1.54) is 24.3 Å². The van der Waals surface area contributed by atoms with Crippen molar-refractivity contribution in [2.45, 2.75) is 23.2 Å². The van der Waals surface area contributed by atoms with E-state index < -0.39 is 5.51 Å². The Kier molecular flexibility index (Phi) is 6.45. The SMILES string of the molecule is Cl.O=C(c1ccc(SC(F)(F)F)cc1)N1CC[C@@H]2CNC[C@@H]2CC1. The van der Waals surface area contributed by atoms with Gasteiger partial charge >= 0.3 is 5.51 Å². The lowest BCUT2D eigenvalue weighted by atomic mass is 9.92. The van der Waals surface area contributed by atoms with Crippen LogP contribution >= 0.6 is 24.2 Å². The van der Waals surface area contributed by atoms with Crippen LogP contribution in [-0.2, 0) is 0 Å². The van der Waals surface area contributed by atoms with Gasteiger partial charge in [0, 0.05) is 23.5 Å². The van der Waals surface area contributed by atoms with E-state index in [1.807, 2.05) is 4.90 Å². The van der Waals surface area contributed by atoms with Crippen molar-refractivity contribution in [1.82, 2.24) is 10.2 Å². The number of halogens is 4. The van der Waals surface area contributed by atoms with Crippen LogP contribution in [0.15, 0.2) is 29.2 Å². The molecule has 134 valence electrons. The maximum Gasteiger partial charge on any atom is 0.446 e. The summed E-state index contributed by atoms with van der Waals surface area (Å²) in [7, 11) is 0. The highest BCUT2D eigenvalue weighted by molar-refractivity contribution is 8.00. The summed E-state index contributed by atoms with van der Waals surface area (Å²) in [6.45, 7) is 3.49. The number of hydrogen-bond acceptors (Lipinski definition) is 3. The highest BCUT2D eigenvalue weighted by atomic mass is 35.5. The quantitative estimate of drug-likeness (QED) is 0.792. The van der Waals surface area contributed by atoms with Crippen molar-refractivity contribution in [2.75, 3.05) is 26.2 Å². The second kappa shape index (κ2) is 7.97. The van der Waals surface area contributed by atoms with E-state index in [1.54, 1.807) is 0 Å². The first kappa shape index (κ1) is 19.4. The van der Waals surface area contributed by atoms with Crippen LogP contribution in [0.4, 0.5) is 13.2 Å². The van der Waals surface area contributed by atoms with Gasteiger partial charge in [-0.15, -0.1) is 12.4 Å². The molecule has 2 atom stereocenters. The average molecular weight is 381 g/mol. The van der Waals surface area contributed by atoms with Gasteiger partial charge in [-0.25, -0.2) is 0 Å². The fourth-order valence-electron chi connectivity index (χ4n) is 3.40. The third-order valence-corrected chi connectivity index (χ3v) is 5.38. The maximum absolute atomic E-state index is 12.5. The van der Waals surface area contributed by atoms with E-state index in [4.69, 9.17) is 0 Å². The van der Waals surface area contributed by atoms with E-state index in [0.29, 0.717) is 17.4 Å². The average Bonchev–Trinajstić information content (AvgIpc) is 2.84. The number of alkyl halides is 3. The number of amides is 1. The first-order valence-corrected chi connectivity index (χ1v) is 8.60. The zero-order valence-corrected chi connectivity index (χ0v) is 14.6. The first-order valence-electron chi connectivity index (χ1n) is 7.78. The molecule has 0 aliphatic carbocycles. The van der Waals surface area contributed by atoms with Gasteiger partial charge < -0.3 is 10.2 Å². The lowest BCUT2D eigenvalue weighted by Gasteiger charge is -2.21. The Morgan fingerprint density at radius 2 is 1.62 bits per heavy atom. The van der Waals surface area contributed by atoms with E-state index in [0.717, 1.165) is 39.0 Å². The summed E-state index contributed by atoms with van der Waals surface area (Å²) in [6.07, 6.45) is 1.98. The molecule has 2 aliphatic rings. The molecule has 1 aromatic rings. The smallest absolute Gasteiger partial charge is 0.339 e. The van der Waals surface area contributed by atoms with Crippen LogP contribution in [0.1, 0.15) is 23.2 Å². The standard InChI is InChI=1S/C16H19F3N2OS.ClH/c17-16(18,19)23-14-3-1-11(2-4-14)15(22)21-7-5-12-9-20-10-13(12)6-8-21;/h1-4,12-13,20H,5-10H2;1H/t12-,13+;. The lowest BCUT2D eigenvalue weighted by Crippen LogP contribution is -2.32. The molecule has 0 bridgehead atoms. The summed E-state index contributed by atoms with van der Waals surface area (Å²) in [5.41, 5.74) is -3.84. The van der Waals surface area contributed by atoms with Gasteiger partial charge in [-0.3, -0.25) is 4.79 Å². The molecule has 0 unspecified atom stereocenters. The topological polar surface area (TPSA) is 32.3 Å². The third-order valence-electron chi connectivity index (χ3n) is 4.64. The Labute approximate surface area is 149 Å². The van der Waals surface area contributed by atoms with Crippen molar-refractivity contribution >= 4 is 30.1 Å². The van der Waals surface area contributed by atoms with Gasteiger partial charge in [0.15, 0.2) is 0 Å². The zero-order valence-electron chi connectivity index (χ0n) is 13.0.